The highest BCUT2D eigenvalue weighted by atomic mass is 32.2. The number of carbonyl (C=O) groups is 1. The topological polar surface area (TPSA) is 66.9 Å². The Balaban J connectivity index is 1.32. The van der Waals surface area contributed by atoms with Crippen LogP contribution in [0.4, 0.5) is 11.4 Å². The summed E-state index contributed by atoms with van der Waals surface area (Å²) in [6.45, 7) is 4.18. The van der Waals surface area contributed by atoms with Crippen LogP contribution in [0.25, 0.3) is 0 Å². The second-order valence-electron chi connectivity index (χ2n) is 8.97. The molecule has 0 aromatic heterocycles. The smallest absolute Gasteiger partial charge is 0.265 e. The van der Waals surface area contributed by atoms with Crippen LogP contribution in [0.2, 0.25) is 0 Å². The number of sulfonamides is 1. The first-order valence-corrected chi connectivity index (χ1v) is 13.0. The second kappa shape index (κ2) is 8.80. The molecule has 0 aliphatic carbocycles. The highest BCUT2D eigenvalue weighted by Gasteiger charge is 2.31. The molecule has 1 atom stereocenters. The monoisotopic (exact) mass is 476 g/mol. The number of para-hydroxylation sites is 2. The molecule has 6 nitrogen and oxygen atoms in total. The van der Waals surface area contributed by atoms with Crippen LogP contribution < -0.4 is 13.9 Å². The number of hydrogen-bond acceptors (Lipinski definition) is 4. The number of ether oxygens (including phenoxy) is 1. The highest BCUT2D eigenvalue weighted by molar-refractivity contribution is 7.92. The molecule has 7 heteroatoms. The zero-order chi connectivity index (χ0) is 23.9. The molecule has 176 valence electrons. The lowest BCUT2D eigenvalue weighted by Gasteiger charge is -2.30. The standard InChI is InChI=1S/C27H28N2O4S/c1-19-16-23(34(31,32)28-15-7-10-21-8-3-5-11-24(21)28)13-14-26(19)33-18-27(30)29-20(2)17-22-9-4-6-12-25(22)29/h3-6,8-9,11-14,16,20H,7,10,15,17-18H2,1-2H3/t20-/m1/s1. The molecule has 0 saturated heterocycles. The van der Waals surface area contributed by atoms with Gasteiger partial charge in [0.25, 0.3) is 15.9 Å². The lowest BCUT2D eigenvalue weighted by atomic mass is 10.0. The fourth-order valence-corrected chi connectivity index (χ4v) is 6.60. The van der Waals surface area contributed by atoms with E-state index in [-0.39, 0.29) is 23.5 Å². The van der Waals surface area contributed by atoms with Crippen molar-refractivity contribution in [3.05, 3.63) is 83.4 Å². The van der Waals surface area contributed by atoms with Gasteiger partial charge in [0.15, 0.2) is 6.61 Å². The predicted octanol–water partition coefficient (Wildman–Crippen LogP) is 4.49. The molecule has 3 aromatic carbocycles. The van der Waals surface area contributed by atoms with Crippen molar-refractivity contribution in [2.75, 3.05) is 22.4 Å². The number of amides is 1. The first-order valence-electron chi connectivity index (χ1n) is 11.6. The van der Waals surface area contributed by atoms with Crippen molar-refractivity contribution in [3.63, 3.8) is 0 Å². The molecule has 5 rings (SSSR count). The number of aryl methyl sites for hydroxylation is 2. The Morgan fingerprint density at radius 3 is 2.47 bits per heavy atom. The van der Waals surface area contributed by atoms with E-state index in [1.807, 2.05) is 55.5 Å². The van der Waals surface area contributed by atoms with Gasteiger partial charge in [-0.05, 0) is 80.1 Å². The second-order valence-corrected chi connectivity index (χ2v) is 10.8. The minimum absolute atomic E-state index is 0.0783. The lowest BCUT2D eigenvalue weighted by molar-refractivity contribution is -0.120. The van der Waals surface area contributed by atoms with Crippen LogP contribution in [0, 0.1) is 6.92 Å². The molecule has 2 aliphatic rings. The van der Waals surface area contributed by atoms with Crippen LogP contribution in [-0.2, 0) is 27.7 Å². The van der Waals surface area contributed by atoms with E-state index in [4.69, 9.17) is 4.74 Å². The Morgan fingerprint density at radius 2 is 1.71 bits per heavy atom. The summed E-state index contributed by atoms with van der Waals surface area (Å²) in [4.78, 5) is 15.0. The van der Waals surface area contributed by atoms with Crippen LogP contribution in [0.1, 0.15) is 30.0 Å². The van der Waals surface area contributed by atoms with Crippen molar-refractivity contribution in [1.82, 2.24) is 0 Å². The third kappa shape index (κ3) is 3.94. The van der Waals surface area contributed by atoms with E-state index in [0.717, 1.165) is 41.8 Å². The molecule has 0 spiro atoms. The van der Waals surface area contributed by atoms with Gasteiger partial charge in [-0.2, -0.15) is 0 Å². The van der Waals surface area contributed by atoms with Gasteiger partial charge in [-0.15, -0.1) is 0 Å². The zero-order valence-corrected chi connectivity index (χ0v) is 20.2. The molecule has 0 bridgehead atoms. The molecule has 2 heterocycles. The van der Waals surface area contributed by atoms with Gasteiger partial charge in [0, 0.05) is 18.3 Å². The third-order valence-electron chi connectivity index (χ3n) is 6.63. The Morgan fingerprint density at radius 1 is 1.00 bits per heavy atom. The van der Waals surface area contributed by atoms with Gasteiger partial charge in [0.1, 0.15) is 5.75 Å². The molecule has 0 radical (unpaired) electrons. The van der Waals surface area contributed by atoms with Crippen molar-refractivity contribution >= 4 is 27.3 Å². The minimum Gasteiger partial charge on any atom is -0.483 e. The predicted molar refractivity (Wildman–Crippen MR) is 133 cm³/mol. The van der Waals surface area contributed by atoms with Crippen LogP contribution in [0.15, 0.2) is 71.6 Å². The number of nitrogens with zero attached hydrogens (tertiary/aromatic N) is 2. The van der Waals surface area contributed by atoms with Gasteiger partial charge in [0.2, 0.25) is 0 Å². The number of benzene rings is 3. The van der Waals surface area contributed by atoms with Crippen LogP contribution in [0.3, 0.4) is 0 Å². The van der Waals surface area contributed by atoms with E-state index in [1.54, 1.807) is 30.0 Å². The quantitative estimate of drug-likeness (QED) is 0.544. The summed E-state index contributed by atoms with van der Waals surface area (Å²) in [5, 5.41) is 0. The van der Waals surface area contributed by atoms with E-state index in [9.17, 15) is 13.2 Å². The Hall–Kier alpha value is -3.32. The van der Waals surface area contributed by atoms with Crippen molar-refractivity contribution in [1.29, 1.82) is 0 Å². The molecule has 1 amide bonds. The van der Waals surface area contributed by atoms with Crippen molar-refractivity contribution in [2.24, 2.45) is 0 Å². The van der Waals surface area contributed by atoms with E-state index in [2.05, 4.69) is 0 Å². The van der Waals surface area contributed by atoms with Crippen LogP contribution in [-0.4, -0.2) is 33.5 Å². The van der Waals surface area contributed by atoms with Crippen molar-refractivity contribution < 1.29 is 17.9 Å². The highest BCUT2D eigenvalue weighted by Crippen LogP contribution is 2.34. The van der Waals surface area contributed by atoms with Gasteiger partial charge in [-0.3, -0.25) is 9.10 Å². The maximum absolute atomic E-state index is 13.4. The number of rotatable bonds is 5. The van der Waals surface area contributed by atoms with E-state index in [1.165, 1.54) is 4.31 Å². The van der Waals surface area contributed by atoms with E-state index < -0.39 is 10.0 Å². The van der Waals surface area contributed by atoms with Gasteiger partial charge in [-0.25, -0.2) is 8.42 Å². The molecule has 34 heavy (non-hydrogen) atoms. The molecular weight excluding hydrogens is 448 g/mol. The van der Waals surface area contributed by atoms with Gasteiger partial charge < -0.3 is 9.64 Å². The number of fused-ring (bicyclic) bond motifs is 2. The molecular formula is C27H28N2O4S. The van der Waals surface area contributed by atoms with Crippen molar-refractivity contribution in [3.8, 4) is 5.75 Å². The lowest BCUT2D eigenvalue weighted by Crippen LogP contribution is -2.39. The number of carbonyl (C=O) groups excluding carboxylic acids is 1. The zero-order valence-electron chi connectivity index (χ0n) is 19.4. The summed E-state index contributed by atoms with van der Waals surface area (Å²) in [7, 11) is -3.70. The van der Waals surface area contributed by atoms with Crippen LogP contribution in [0.5, 0.6) is 5.75 Å². The van der Waals surface area contributed by atoms with Gasteiger partial charge in [-0.1, -0.05) is 36.4 Å². The SMILES string of the molecule is Cc1cc(S(=O)(=O)N2CCCc3ccccc32)ccc1OCC(=O)N1c2ccccc2C[C@H]1C. The van der Waals surface area contributed by atoms with Gasteiger partial charge >= 0.3 is 0 Å². The average Bonchev–Trinajstić information content (AvgIpc) is 3.18. The fraction of sp³-hybridized carbons (Fsp3) is 0.296. The molecule has 0 unspecified atom stereocenters. The minimum atomic E-state index is -3.70. The molecule has 0 saturated carbocycles. The summed E-state index contributed by atoms with van der Waals surface area (Å²) in [6, 6.07) is 20.5. The maximum Gasteiger partial charge on any atom is 0.265 e. The summed E-state index contributed by atoms with van der Waals surface area (Å²) < 4.78 is 34.2. The normalized spacial score (nSPS) is 17.3. The first kappa shape index (κ1) is 22.5. The Bertz CT molecular complexity index is 1350. The number of anilines is 2. The third-order valence-corrected chi connectivity index (χ3v) is 8.44. The van der Waals surface area contributed by atoms with Crippen LogP contribution >= 0.6 is 0 Å². The Kier molecular flexibility index (Phi) is 5.81. The summed E-state index contributed by atoms with van der Waals surface area (Å²) in [5.74, 6) is 0.393. The number of hydrogen-bond donors (Lipinski definition) is 0. The van der Waals surface area contributed by atoms with Crippen molar-refractivity contribution in [2.45, 2.75) is 44.0 Å². The fourth-order valence-electron chi connectivity index (χ4n) is 4.97. The molecule has 0 fully saturated rings. The molecule has 3 aromatic rings. The summed E-state index contributed by atoms with van der Waals surface area (Å²) in [6.07, 6.45) is 2.49. The maximum atomic E-state index is 13.4. The molecule has 0 N–H and O–H groups in total. The van der Waals surface area contributed by atoms with E-state index >= 15 is 0 Å². The summed E-state index contributed by atoms with van der Waals surface area (Å²) >= 11 is 0. The molecule has 2 aliphatic heterocycles. The first-order chi connectivity index (χ1) is 16.4. The average molecular weight is 477 g/mol. The summed E-state index contributed by atoms with van der Waals surface area (Å²) in [5.41, 5.74) is 4.56. The van der Waals surface area contributed by atoms with E-state index in [0.29, 0.717) is 17.9 Å². The largest absolute Gasteiger partial charge is 0.483 e. The van der Waals surface area contributed by atoms with Gasteiger partial charge in [0.05, 0.1) is 10.6 Å². The Labute approximate surface area is 200 Å².